The summed E-state index contributed by atoms with van der Waals surface area (Å²) in [5, 5.41) is 10.6. The molecule has 0 spiro atoms. The van der Waals surface area contributed by atoms with Gasteiger partial charge < -0.3 is 14.9 Å². The highest BCUT2D eigenvalue weighted by molar-refractivity contribution is 7.98. The van der Waals surface area contributed by atoms with Crippen LogP contribution in [-0.4, -0.2) is 72.9 Å². The van der Waals surface area contributed by atoms with E-state index in [0.29, 0.717) is 5.75 Å². The largest absolute Gasteiger partial charge is 0.507 e. The zero-order valence-corrected chi connectivity index (χ0v) is 17.4. The fourth-order valence-electron chi connectivity index (χ4n) is 2.79. The van der Waals surface area contributed by atoms with Crippen LogP contribution in [0, 0.1) is 6.92 Å². The smallest absolute Gasteiger partial charge is 0.128 e. The highest BCUT2D eigenvalue weighted by Gasteiger charge is 2.10. The van der Waals surface area contributed by atoms with Crippen LogP contribution < -0.4 is 0 Å². The molecule has 0 saturated carbocycles. The molecule has 142 valence electrons. The molecule has 0 aliphatic rings. The van der Waals surface area contributed by atoms with Crippen LogP contribution in [0.1, 0.15) is 37.0 Å². The SMILES string of the molecule is CCN(CC)CCN(C)Cc1cc(C)cc(C=NCCCSC)c1O. The van der Waals surface area contributed by atoms with Gasteiger partial charge in [0, 0.05) is 43.5 Å². The first-order valence-electron chi connectivity index (χ1n) is 9.23. The summed E-state index contributed by atoms with van der Waals surface area (Å²) in [6, 6.07) is 4.08. The van der Waals surface area contributed by atoms with Crippen molar-refractivity contribution < 1.29 is 5.11 Å². The van der Waals surface area contributed by atoms with Gasteiger partial charge in [-0.3, -0.25) is 4.99 Å². The van der Waals surface area contributed by atoms with Crippen LogP contribution in [0.15, 0.2) is 17.1 Å². The Morgan fingerprint density at radius 2 is 1.92 bits per heavy atom. The molecule has 25 heavy (non-hydrogen) atoms. The second-order valence-electron chi connectivity index (χ2n) is 6.51. The van der Waals surface area contributed by atoms with Crippen LogP contribution in [0.2, 0.25) is 0 Å². The Morgan fingerprint density at radius 1 is 1.20 bits per heavy atom. The van der Waals surface area contributed by atoms with Gasteiger partial charge in [0.25, 0.3) is 0 Å². The maximum Gasteiger partial charge on any atom is 0.128 e. The number of benzene rings is 1. The molecule has 0 aliphatic carbocycles. The second-order valence-corrected chi connectivity index (χ2v) is 7.49. The second kappa shape index (κ2) is 12.3. The molecule has 0 aliphatic heterocycles. The predicted molar refractivity (Wildman–Crippen MR) is 112 cm³/mol. The number of aliphatic imine (C=N–C) groups is 1. The molecule has 5 heteroatoms. The number of hydrogen-bond donors (Lipinski definition) is 1. The molecule has 0 bridgehead atoms. The monoisotopic (exact) mass is 365 g/mol. The minimum atomic E-state index is 0.369. The first-order valence-corrected chi connectivity index (χ1v) is 10.6. The quantitative estimate of drug-likeness (QED) is 0.453. The van der Waals surface area contributed by atoms with E-state index in [1.165, 1.54) is 0 Å². The van der Waals surface area contributed by atoms with Gasteiger partial charge in [-0.05, 0) is 57.1 Å². The molecule has 1 rings (SSSR count). The summed E-state index contributed by atoms with van der Waals surface area (Å²) in [6.07, 6.45) is 5.01. The predicted octanol–water partition coefficient (Wildman–Crippen LogP) is 3.65. The van der Waals surface area contributed by atoms with Crippen molar-refractivity contribution in [2.45, 2.75) is 33.7 Å². The van der Waals surface area contributed by atoms with Crippen molar-refractivity contribution in [1.29, 1.82) is 0 Å². The Bertz CT molecular complexity index is 530. The third-order valence-electron chi connectivity index (χ3n) is 4.36. The number of nitrogens with zero attached hydrogens (tertiary/aromatic N) is 3. The Kier molecular flexibility index (Phi) is 10.9. The van der Waals surface area contributed by atoms with E-state index in [1.807, 2.05) is 24.0 Å². The van der Waals surface area contributed by atoms with Crippen molar-refractivity contribution in [1.82, 2.24) is 9.80 Å². The molecule has 0 radical (unpaired) electrons. The minimum Gasteiger partial charge on any atom is -0.507 e. The van der Waals surface area contributed by atoms with Gasteiger partial charge in [0.05, 0.1) is 0 Å². The van der Waals surface area contributed by atoms with Gasteiger partial charge in [0.15, 0.2) is 0 Å². The Balaban J connectivity index is 2.70. The number of likely N-dealkylation sites (N-methyl/N-ethyl adjacent to an activating group) is 2. The van der Waals surface area contributed by atoms with Gasteiger partial charge >= 0.3 is 0 Å². The summed E-state index contributed by atoms with van der Waals surface area (Å²) in [6.45, 7) is 12.2. The van der Waals surface area contributed by atoms with E-state index in [1.54, 1.807) is 0 Å². The van der Waals surface area contributed by atoms with Gasteiger partial charge in [-0.2, -0.15) is 11.8 Å². The average Bonchev–Trinajstić information content (AvgIpc) is 2.59. The number of hydrogen-bond acceptors (Lipinski definition) is 5. The Morgan fingerprint density at radius 3 is 2.56 bits per heavy atom. The molecule has 0 saturated heterocycles. The highest BCUT2D eigenvalue weighted by Crippen LogP contribution is 2.24. The zero-order valence-electron chi connectivity index (χ0n) is 16.6. The fourth-order valence-corrected chi connectivity index (χ4v) is 3.21. The van der Waals surface area contributed by atoms with Crippen molar-refractivity contribution in [3.05, 3.63) is 28.8 Å². The topological polar surface area (TPSA) is 39.1 Å². The summed E-state index contributed by atoms with van der Waals surface area (Å²) in [5.41, 5.74) is 2.97. The highest BCUT2D eigenvalue weighted by atomic mass is 32.2. The number of phenolic OH excluding ortho intramolecular Hbond substituents is 1. The molecule has 0 heterocycles. The lowest BCUT2D eigenvalue weighted by molar-refractivity contribution is 0.235. The number of rotatable bonds is 12. The van der Waals surface area contributed by atoms with Gasteiger partial charge in [0.1, 0.15) is 5.75 Å². The zero-order chi connectivity index (χ0) is 18.7. The third-order valence-corrected chi connectivity index (χ3v) is 5.06. The fraction of sp³-hybridized carbons (Fsp3) is 0.650. The third kappa shape index (κ3) is 8.25. The number of thioether (sulfide) groups is 1. The summed E-state index contributed by atoms with van der Waals surface area (Å²) in [4.78, 5) is 9.15. The summed E-state index contributed by atoms with van der Waals surface area (Å²) in [7, 11) is 2.11. The molecule has 0 atom stereocenters. The maximum absolute atomic E-state index is 10.6. The van der Waals surface area contributed by atoms with E-state index in [9.17, 15) is 5.11 Å². The maximum atomic E-state index is 10.6. The molecule has 1 aromatic rings. The number of aryl methyl sites for hydroxylation is 1. The Hall–Kier alpha value is -1.04. The van der Waals surface area contributed by atoms with Crippen LogP contribution in [0.3, 0.4) is 0 Å². The van der Waals surface area contributed by atoms with Crippen molar-refractivity contribution >= 4 is 18.0 Å². The lowest BCUT2D eigenvalue weighted by Gasteiger charge is -2.23. The molecule has 1 aromatic carbocycles. The minimum absolute atomic E-state index is 0.369. The van der Waals surface area contributed by atoms with Crippen LogP contribution in [0.25, 0.3) is 0 Å². The normalized spacial score (nSPS) is 12.0. The van der Waals surface area contributed by atoms with Crippen LogP contribution >= 0.6 is 11.8 Å². The molecule has 4 nitrogen and oxygen atoms in total. The molecular formula is C20H35N3OS. The lowest BCUT2D eigenvalue weighted by atomic mass is 10.0. The van der Waals surface area contributed by atoms with Gasteiger partial charge in [0.2, 0.25) is 0 Å². The molecule has 0 unspecified atom stereocenters. The molecule has 0 aromatic heterocycles. The first-order chi connectivity index (χ1) is 12.0. The molecular weight excluding hydrogens is 330 g/mol. The standard InChI is InChI=1S/C20H35N3OS/c1-6-23(7-2)11-10-22(4)16-19-14-17(3)13-18(20(19)24)15-21-9-8-12-25-5/h13-15,24H,6-12,16H2,1-5H3. The van der Waals surface area contributed by atoms with Crippen LogP contribution in [-0.2, 0) is 6.54 Å². The first kappa shape index (κ1) is 22.0. The van der Waals surface area contributed by atoms with E-state index in [-0.39, 0.29) is 0 Å². The van der Waals surface area contributed by atoms with Crippen molar-refractivity contribution in [2.24, 2.45) is 4.99 Å². The molecule has 0 amide bonds. The number of aromatic hydroxyl groups is 1. The summed E-state index contributed by atoms with van der Waals surface area (Å²) >= 11 is 1.84. The van der Waals surface area contributed by atoms with E-state index >= 15 is 0 Å². The van der Waals surface area contributed by atoms with Crippen molar-refractivity contribution in [2.75, 3.05) is 51.8 Å². The van der Waals surface area contributed by atoms with E-state index in [4.69, 9.17) is 0 Å². The van der Waals surface area contributed by atoms with Crippen LogP contribution in [0.4, 0.5) is 0 Å². The molecule has 1 N–H and O–H groups in total. The number of phenols is 1. The van der Waals surface area contributed by atoms with Crippen LogP contribution in [0.5, 0.6) is 5.75 Å². The summed E-state index contributed by atoms with van der Waals surface area (Å²) in [5.74, 6) is 1.49. The van der Waals surface area contributed by atoms with Gasteiger partial charge in [-0.15, -0.1) is 0 Å². The average molecular weight is 366 g/mol. The van der Waals surface area contributed by atoms with E-state index < -0.39 is 0 Å². The van der Waals surface area contributed by atoms with Gasteiger partial charge in [-0.1, -0.05) is 19.9 Å². The van der Waals surface area contributed by atoms with E-state index in [0.717, 1.165) is 68.1 Å². The Labute approximate surface area is 158 Å². The summed E-state index contributed by atoms with van der Waals surface area (Å²) < 4.78 is 0. The lowest BCUT2D eigenvalue weighted by Crippen LogP contribution is -2.32. The van der Waals surface area contributed by atoms with E-state index in [2.05, 4.69) is 54.9 Å². The molecule has 0 fully saturated rings. The van der Waals surface area contributed by atoms with Crippen molar-refractivity contribution in [3.8, 4) is 5.75 Å². The van der Waals surface area contributed by atoms with Crippen molar-refractivity contribution in [3.63, 3.8) is 0 Å². The van der Waals surface area contributed by atoms with Gasteiger partial charge in [-0.25, -0.2) is 0 Å².